The molecule has 0 spiro atoms. The zero-order valence-corrected chi connectivity index (χ0v) is 22.6. The fourth-order valence-electron chi connectivity index (χ4n) is 4.40. The first kappa shape index (κ1) is 27.6. The summed E-state index contributed by atoms with van der Waals surface area (Å²) in [5.41, 5.74) is 0.710. The van der Waals surface area contributed by atoms with Gasteiger partial charge in [0.15, 0.2) is 5.11 Å². The van der Waals surface area contributed by atoms with Gasteiger partial charge in [0, 0.05) is 10.4 Å². The summed E-state index contributed by atoms with van der Waals surface area (Å²) < 4.78 is 22.6. The molecule has 2 fully saturated rings. The Morgan fingerprint density at radius 1 is 1.18 bits per heavy atom. The van der Waals surface area contributed by atoms with E-state index in [1.165, 1.54) is 59.1 Å². The lowest BCUT2D eigenvalue weighted by Crippen LogP contribution is -2.71. The number of phenolic OH excluding ortho intramolecular Hbond substituents is 1. The molecule has 0 bridgehead atoms. The number of primary sulfonamides is 1. The molecule has 202 valence electrons. The summed E-state index contributed by atoms with van der Waals surface area (Å²) in [5.74, 6) is -2.26. The summed E-state index contributed by atoms with van der Waals surface area (Å²) in [6.45, 7) is 3.47. The highest BCUT2D eigenvalue weighted by molar-refractivity contribution is 8.01. The average molecular weight is 580 g/mol. The largest absolute Gasteiger partial charge is 0.508 e. The number of carboxylic acid groups (broad SMARTS) is 1. The van der Waals surface area contributed by atoms with Crippen molar-refractivity contribution in [1.82, 2.24) is 15.5 Å². The normalized spacial score (nSPS) is 22.6. The molecule has 2 amide bonds. The zero-order valence-electron chi connectivity index (χ0n) is 20.1. The van der Waals surface area contributed by atoms with Crippen molar-refractivity contribution in [3.63, 3.8) is 0 Å². The lowest BCUT2D eigenvalue weighted by atomic mass is 9.95. The fraction of sp³-hybridized carbons (Fsp3) is 0.304. The number of hydrogen-bond acceptors (Lipinski definition) is 8. The van der Waals surface area contributed by atoms with Gasteiger partial charge >= 0.3 is 5.97 Å². The van der Waals surface area contributed by atoms with Gasteiger partial charge in [0.2, 0.25) is 21.8 Å². The van der Waals surface area contributed by atoms with Crippen LogP contribution in [0.25, 0.3) is 0 Å². The molecule has 2 heterocycles. The van der Waals surface area contributed by atoms with E-state index in [1.807, 2.05) is 0 Å². The third kappa shape index (κ3) is 5.41. The molecule has 0 radical (unpaired) electrons. The first-order chi connectivity index (χ1) is 17.7. The molecule has 2 aliphatic heterocycles. The molecule has 2 aromatic rings. The van der Waals surface area contributed by atoms with Crippen LogP contribution in [0.4, 0.5) is 5.69 Å². The number of nitrogens with two attached hydrogens (primary N) is 1. The molecule has 15 heteroatoms. The number of thiocarbonyl (C=S) groups is 1. The second-order valence-corrected chi connectivity index (χ2v) is 13.0. The third-order valence-corrected chi connectivity index (χ3v) is 8.86. The van der Waals surface area contributed by atoms with E-state index in [1.54, 1.807) is 19.9 Å². The Kier molecular flexibility index (Phi) is 7.31. The van der Waals surface area contributed by atoms with Crippen LogP contribution in [0.5, 0.6) is 5.75 Å². The van der Waals surface area contributed by atoms with E-state index in [9.17, 15) is 33.0 Å². The number of anilines is 1. The zero-order chi connectivity index (χ0) is 28.0. The molecule has 2 aliphatic rings. The van der Waals surface area contributed by atoms with Crippen LogP contribution in [0, 0.1) is 0 Å². The molecule has 2 aromatic carbocycles. The summed E-state index contributed by atoms with van der Waals surface area (Å²) in [4.78, 5) is 39.1. The minimum absolute atomic E-state index is 0.0254. The van der Waals surface area contributed by atoms with E-state index in [2.05, 4.69) is 16.0 Å². The van der Waals surface area contributed by atoms with Crippen molar-refractivity contribution in [2.75, 3.05) is 5.32 Å². The number of fused-ring (bicyclic) bond motifs is 1. The Bertz CT molecular complexity index is 1410. The number of carboxylic acids is 1. The van der Waals surface area contributed by atoms with Gasteiger partial charge in [-0.3, -0.25) is 9.59 Å². The molecule has 2 saturated heterocycles. The molecule has 0 unspecified atom stereocenters. The van der Waals surface area contributed by atoms with E-state index in [4.69, 9.17) is 17.4 Å². The SMILES string of the molecule is CC1(C)S[C@@H]2[C@H](NC(=O)[C@H](NC(=S)Nc3cccc(S(N)(=O)=O)c3)c3ccc(O)cc3)C(=O)N2[C@H]1C(=O)O. The first-order valence-electron chi connectivity index (χ1n) is 11.2. The highest BCUT2D eigenvalue weighted by atomic mass is 32.2. The van der Waals surface area contributed by atoms with E-state index in [0.29, 0.717) is 11.3 Å². The van der Waals surface area contributed by atoms with Gasteiger partial charge < -0.3 is 31.1 Å². The molecular formula is C23H25N5O7S3. The predicted molar refractivity (Wildman–Crippen MR) is 144 cm³/mol. The number of aromatic hydroxyl groups is 1. The second kappa shape index (κ2) is 10.1. The maximum atomic E-state index is 13.4. The quantitative estimate of drug-likeness (QED) is 0.200. The fourth-order valence-corrected chi connectivity index (χ4v) is 6.82. The van der Waals surface area contributed by atoms with Crippen molar-refractivity contribution in [3.8, 4) is 5.75 Å². The molecule has 12 nitrogen and oxygen atoms in total. The number of nitrogens with zero attached hydrogens (tertiary/aromatic N) is 1. The molecule has 4 rings (SSSR count). The Morgan fingerprint density at radius 3 is 2.45 bits per heavy atom. The van der Waals surface area contributed by atoms with Gasteiger partial charge in [-0.1, -0.05) is 18.2 Å². The van der Waals surface area contributed by atoms with Crippen molar-refractivity contribution >= 4 is 62.6 Å². The standard InChI is InChI=1S/C23H25N5O7S3/c1-23(2)17(21(32)33)28-19(31)16(20(28)37-23)26-18(30)15(11-6-8-13(29)9-7-11)27-22(36)25-12-4-3-5-14(10-12)38(24,34)35/h3-10,15-17,20,29H,1-2H3,(H,26,30)(H,32,33)(H2,24,34,35)(H2,25,27,36)/t15-,16-,17+,20-/m1/s1. The van der Waals surface area contributed by atoms with Gasteiger partial charge in [-0.05, 0) is 62.0 Å². The van der Waals surface area contributed by atoms with Crippen LogP contribution in [-0.2, 0) is 24.4 Å². The van der Waals surface area contributed by atoms with Crippen LogP contribution in [0.15, 0.2) is 53.4 Å². The predicted octanol–water partition coefficient (Wildman–Crippen LogP) is 0.699. The summed E-state index contributed by atoms with van der Waals surface area (Å²) in [6.07, 6.45) is 0. The smallest absolute Gasteiger partial charge is 0.327 e. The van der Waals surface area contributed by atoms with Crippen molar-refractivity contribution in [1.29, 1.82) is 0 Å². The number of carbonyl (C=O) groups excluding carboxylic acids is 2. The third-order valence-electron chi connectivity index (χ3n) is 6.16. The van der Waals surface area contributed by atoms with Gasteiger partial charge in [0.05, 0.1) is 4.90 Å². The van der Waals surface area contributed by atoms with Crippen molar-refractivity contribution in [2.45, 2.75) is 47.0 Å². The van der Waals surface area contributed by atoms with E-state index < -0.39 is 56.1 Å². The van der Waals surface area contributed by atoms with Gasteiger partial charge in [0.1, 0.15) is 29.2 Å². The van der Waals surface area contributed by atoms with Crippen molar-refractivity contribution < 1.29 is 33.0 Å². The van der Waals surface area contributed by atoms with Gasteiger partial charge in [-0.25, -0.2) is 18.4 Å². The molecule has 0 saturated carbocycles. The Hall–Kier alpha value is -3.40. The van der Waals surface area contributed by atoms with E-state index >= 15 is 0 Å². The van der Waals surface area contributed by atoms with E-state index in [0.717, 1.165) is 0 Å². The summed E-state index contributed by atoms with van der Waals surface area (Å²) in [7, 11) is -3.95. The molecule has 7 N–H and O–H groups in total. The second-order valence-electron chi connectivity index (χ2n) is 9.28. The van der Waals surface area contributed by atoms with Crippen LogP contribution in [0.1, 0.15) is 25.5 Å². The monoisotopic (exact) mass is 579 g/mol. The topological polar surface area (TPSA) is 191 Å². The molecule has 38 heavy (non-hydrogen) atoms. The Labute approximate surface area is 228 Å². The highest BCUT2D eigenvalue weighted by Crippen LogP contribution is 2.50. The number of aliphatic carboxylic acids is 1. The molecule has 4 atom stereocenters. The highest BCUT2D eigenvalue weighted by Gasteiger charge is 2.64. The maximum absolute atomic E-state index is 13.4. The van der Waals surface area contributed by atoms with Crippen LogP contribution in [-0.4, -0.2) is 68.6 Å². The number of benzene rings is 2. The number of rotatable bonds is 7. The van der Waals surface area contributed by atoms with Gasteiger partial charge in [0.25, 0.3) is 0 Å². The Balaban J connectivity index is 1.52. The van der Waals surface area contributed by atoms with E-state index in [-0.39, 0.29) is 15.8 Å². The molecule has 0 aliphatic carbocycles. The summed E-state index contributed by atoms with van der Waals surface area (Å²) >= 11 is 6.64. The minimum atomic E-state index is -3.95. The number of hydrogen-bond donors (Lipinski definition) is 6. The average Bonchev–Trinajstić information content (AvgIpc) is 3.09. The number of β-lactam (4-membered cyclic amide) rings is 1. The van der Waals surface area contributed by atoms with Gasteiger partial charge in [-0.2, -0.15) is 0 Å². The number of carbonyl (C=O) groups is 3. The summed E-state index contributed by atoms with van der Waals surface area (Å²) in [5, 5.41) is 32.2. The molecule has 0 aromatic heterocycles. The lowest BCUT2D eigenvalue weighted by Gasteiger charge is -2.44. The van der Waals surface area contributed by atoms with Crippen molar-refractivity contribution in [2.24, 2.45) is 5.14 Å². The number of sulfonamides is 1. The first-order valence-corrected chi connectivity index (χ1v) is 14.0. The van der Waals surface area contributed by atoms with Crippen LogP contribution >= 0.6 is 24.0 Å². The summed E-state index contributed by atoms with van der Waals surface area (Å²) in [6, 6.07) is 8.30. The van der Waals surface area contributed by atoms with Gasteiger partial charge in [-0.15, -0.1) is 11.8 Å². The number of phenols is 1. The minimum Gasteiger partial charge on any atom is -0.508 e. The molecular weight excluding hydrogens is 554 g/mol. The maximum Gasteiger partial charge on any atom is 0.327 e. The van der Waals surface area contributed by atoms with Crippen molar-refractivity contribution in [3.05, 3.63) is 54.1 Å². The lowest BCUT2D eigenvalue weighted by molar-refractivity contribution is -0.161. The Morgan fingerprint density at radius 2 is 1.84 bits per heavy atom. The van der Waals surface area contributed by atoms with Crippen LogP contribution < -0.4 is 21.1 Å². The number of amides is 2. The van der Waals surface area contributed by atoms with Crippen LogP contribution in [0.3, 0.4) is 0 Å². The number of nitrogens with one attached hydrogen (secondary N) is 3. The number of thioether (sulfide) groups is 1. The van der Waals surface area contributed by atoms with Crippen LogP contribution in [0.2, 0.25) is 0 Å².